The van der Waals surface area contributed by atoms with E-state index in [1.54, 1.807) is 6.07 Å². The lowest BCUT2D eigenvalue weighted by molar-refractivity contribution is -0.314. The van der Waals surface area contributed by atoms with Gasteiger partial charge in [-0.2, -0.15) is 0 Å². The number of aliphatic carboxylic acids is 1. The first kappa shape index (κ1) is 14.6. The van der Waals surface area contributed by atoms with Crippen molar-refractivity contribution in [1.29, 1.82) is 0 Å². The number of anilines is 1. The highest BCUT2D eigenvalue weighted by Gasteiger charge is 2.51. The van der Waals surface area contributed by atoms with Gasteiger partial charge in [-0.25, -0.2) is 9.37 Å². The Balaban J connectivity index is 1.57. The highest BCUT2D eigenvalue weighted by molar-refractivity contribution is 7.22. The third kappa shape index (κ3) is 2.39. The van der Waals surface area contributed by atoms with Gasteiger partial charge in [0.15, 0.2) is 5.13 Å². The topological polar surface area (TPSA) is 82.1 Å². The maximum atomic E-state index is 13.2. The van der Waals surface area contributed by atoms with Crippen LogP contribution in [0, 0.1) is 29.5 Å². The van der Waals surface area contributed by atoms with Gasteiger partial charge in [0.05, 0.1) is 10.2 Å². The molecule has 2 aliphatic carbocycles. The first-order valence-electron chi connectivity index (χ1n) is 7.61. The second kappa shape index (κ2) is 5.26. The molecule has 2 fully saturated rings. The van der Waals surface area contributed by atoms with Crippen LogP contribution in [0.5, 0.6) is 0 Å². The maximum absolute atomic E-state index is 13.2. The molecule has 0 unspecified atom stereocenters. The summed E-state index contributed by atoms with van der Waals surface area (Å²) in [5.74, 6) is -2.91. The predicted octanol–water partition coefficient (Wildman–Crippen LogP) is 1.79. The number of thiazole rings is 1. The molecule has 0 aliphatic heterocycles. The van der Waals surface area contributed by atoms with E-state index in [1.165, 1.54) is 23.5 Å². The lowest BCUT2D eigenvalue weighted by atomic mass is 9.79. The molecule has 0 spiro atoms. The molecule has 0 radical (unpaired) electrons. The van der Waals surface area contributed by atoms with Crippen LogP contribution in [0.3, 0.4) is 0 Å². The number of carbonyl (C=O) groups is 2. The fourth-order valence-corrected chi connectivity index (χ4v) is 5.04. The van der Waals surface area contributed by atoms with Gasteiger partial charge in [0, 0.05) is 17.8 Å². The van der Waals surface area contributed by atoms with E-state index in [1.807, 2.05) is 0 Å². The molecule has 0 saturated heterocycles. The lowest BCUT2D eigenvalue weighted by Crippen LogP contribution is -2.43. The van der Waals surface area contributed by atoms with Crippen LogP contribution in [0.2, 0.25) is 0 Å². The molecule has 1 heterocycles. The van der Waals surface area contributed by atoms with Crippen LogP contribution in [-0.2, 0) is 9.59 Å². The number of nitrogens with zero attached hydrogens (tertiary/aromatic N) is 1. The van der Waals surface area contributed by atoms with Crippen molar-refractivity contribution < 1.29 is 19.1 Å². The first-order valence-corrected chi connectivity index (χ1v) is 8.42. The summed E-state index contributed by atoms with van der Waals surface area (Å²) in [6.07, 6.45) is 2.52. The second-order valence-corrected chi connectivity index (χ2v) is 7.35. The minimum absolute atomic E-state index is 0.0465. The van der Waals surface area contributed by atoms with E-state index in [0.29, 0.717) is 15.3 Å². The molecular weight excluding hydrogens is 319 g/mol. The molecule has 23 heavy (non-hydrogen) atoms. The zero-order valence-electron chi connectivity index (χ0n) is 12.1. The van der Waals surface area contributed by atoms with Gasteiger partial charge in [-0.05, 0) is 49.3 Å². The van der Waals surface area contributed by atoms with E-state index < -0.39 is 17.8 Å². The van der Waals surface area contributed by atoms with Crippen molar-refractivity contribution in [2.24, 2.45) is 23.7 Å². The monoisotopic (exact) mass is 333 g/mol. The fraction of sp³-hybridized carbons (Fsp3) is 0.438. The zero-order chi connectivity index (χ0) is 16.1. The van der Waals surface area contributed by atoms with Gasteiger partial charge in [0.1, 0.15) is 5.82 Å². The molecule has 2 aromatic rings. The number of fused-ring (bicyclic) bond motifs is 3. The highest BCUT2D eigenvalue weighted by Crippen LogP contribution is 2.52. The van der Waals surface area contributed by atoms with Crippen molar-refractivity contribution in [3.8, 4) is 0 Å². The first-order chi connectivity index (χ1) is 11.0. The van der Waals surface area contributed by atoms with Crippen molar-refractivity contribution in [2.45, 2.75) is 19.3 Å². The fourth-order valence-electron chi connectivity index (χ4n) is 4.15. The third-order valence-corrected chi connectivity index (χ3v) is 6.01. The van der Waals surface area contributed by atoms with Gasteiger partial charge < -0.3 is 15.2 Å². The molecule has 5 nitrogen and oxygen atoms in total. The largest absolute Gasteiger partial charge is 0.550 e. The molecule has 1 N–H and O–H groups in total. The Morgan fingerprint density at radius 2 is 2.00 bits per heavy atom. The number of amides is 1. The summed E-state index contributed by atoms with van der Waals surface area (Å²) < 4.78 is 13.9. The van der Waals surface area contributed by atoms with E-state index in [2.05, 4.69) is 10.3 Å². The number of hydrogen-bond donors (Lipinski definition) is 1. The minimum atomic E-state index is -1.14. The third-order valence-electron chi connectivity index (χ3n) is 5.07. The van der Waals surface area contributed by atoms with Crippen molar-refractivity contribution in [3.05, 3.63) is 24.0 Å². The van der Waals surface area contributed by atoms with Gasteiger partial charge in [0.25, 0.3) is 0 Å². The van der Waals surface area contributed by atoms with Crippen molar-refractivity contribution in [1.82, 2.24) is 4.98 Å². The minimum Gasteiger partial charge on any atom is -0.550 e. The predicted molar refractivity (Wildman–Crippen MR) is 81.0 cm³/mol. The Labute approximate surface area is 135 Å². The molecule has 120 valence electrons. The van der Waals surface area contributed by atoms with Gasteiger partial charge in [-0.1, -0.05) is 11.3 Å². The van der Waals surface area contributed by atoms with Crippen molar-refractivity contribution in [3.63, 3.8) is 0 Å². The number of aromatic nitrogens is 1. The normalized spacial score (nSPS) is 29.1. The van der Waals surface area contributed by atoms with Crippen LogP contribution in [0.1, 0.15) is 19.3 Å². The molecular formula is C16H14FN2O3S-. The zero-order valence-corrected chi connectivity index (χ0v) is 12.9. The van der Waals surface area contributed by atoms with Crippen LogP contribution in [0.25, 0.3) is 10.2 Å². The van der Waals surface area contributed by atoms with Gasteiger partial charge in [-0.15, -0.1) is 0 Å². The summed E-state index contributed by atoms with van der Waals surface area (Å²) in [5, 5.41) is 14.5. The average Bonchev–Trinajstić information content (AvgIpc) is 3.18. The number of rotatable bonds is 3. The molecule has 2 bridgehead atoms. The number of carboxylic acids is 1. The average molecular weight is 333 g/mol. The smallest absolute Gasteiger partial charge is 0.230 e. The highest BCUT2D eigenvalue weighted by atomic mass is 32.1. The Kier molecular flexibility index (Phi) is 3.33. The van der Waals surface area contributed by atoms with Crippen molar-refractivity contribution >= 4 is 38.6 Å². The van der Waals surface area contributed by atoms with Gasteiger partial charge >= 0.3 is 0 Å². The number of carboxylic acid groups (broad SMARTS) is 1. The molecule has 7 heteroatoms. The standard InChI is InChI=1S/C16H15FN2O3S/c17-9-3-4-10-11(6-9)23-16(18-10)19-14(20)12-7-1-2-8(5-7)13(12)15(21)22/h3-4,6-8,12-13H,1-2,5H2,(H,21,22)(H,18,19,20)/p-1/t7-,8+,12+,13+/m0/s1. The lowest BCUT2D eigenvalue weighted by Gasteiger charge is -2.30. The van der Waals surface area contributed by atoms with Crippen LogP contribution >= 0.6 is 11.3 Å². The molecule has 2 saturated carbocycles. The SMILES string of the molecule is O=C([O-])[C@@H]1[C@@H]2CC[C@@H](C2)[C@H]1C(=O)Nc1nc2ccc(F)cc2s1. The summed E-state index contributed by atoms with van der Waals surface area (Å²) in [7, 11) is 0. The molecule has 4 atom stereocenters. The molecule has 1 aromatic carbocycles. The molecule has 1 amide bonds. The van der Waals surface area contributed by atoms with Crippen molar-refractivity contribution in [2.75, 3.05) is 5.32 Å². The summed E-state index contributed by atoms with van der Waals surface area (Å²) in [5.41, 5.74) is 0.607. The Hall–Kier alpha value is -2.02. The van der Waals surface area contributed by atoms with Crippen LogP contribution < -0.4 is 10.4 Å². The van der Waals surface area contributed by atoms with E-state index in [0.717, 1.165) is 19.3 Å². The molecule has 1 aromatic heterocycles. The summed E-state index contributed by atoms with van der Waals surface area (Å²) in [6, 6.07) is 4.23. The number of carbonyl (C=O) groups excluding carboxylic acids is 2. The van der Waals surface area contributed by atoms with Crippen LogP contribution in [-0.4, -0.2) is 16.9 Å². The van der Waals surface area contributed by atoms with E-state index in [-0.39, 0.29) is 23.6 Å². The number of benzene rings is 1. The second-order valence-electron chi connectivity index (χ2n) is 6.32. The Morgan fingerprint density at radius 3 is 2.74 bits per heavy atom. The number of hydrogen-bond acceptors (Lipinski definition) is 5. The van der Waals surface area contributed by atoms with Crippen LogP contribution in [0.15, 0.2) is 18.2 Å². The summed E-state index contributed by atoms with van der Waals surface area (Å²) >= 11 is 1.18. The quantitative estimate of drug-likeness (QED) is 0.928. The molecule has 2 aliphatic rings. The van der Waals surface area contributed by atoms with Gasteiger partial charge in [-0.3, -0.25) is 4.79 Å². The molecule has 4 rings (SSSR count). The van der Waals surface area contributed by atoms with E-state index in [9.17, 15) is 19.1 Å². The van der Waals surface area contributed by atoms with Gasteiger partial charge in [0.2, 0.25) is 5.91 Å². The van der Waals surface area contributed by atoms with E-state index in [4.69, 9.17) is 0 Å². The summed E-state index contributed by atoms with van der Waals surface area (Å²) in [4.78, 5) is 28.2. The Bertz CT molecular complexity index is 806. The number of halogens is 1. The number of nitrogens with one attached hydrogen (secondary N) is 1. The summed E-state index contributed by atoms with van der Waals surface area (Å²) in [6.45, 7) is 0. The van der Waals surface area contributed by atoms with Crippen LogP contribution in [0.4, 0.5) is 9.52 Å². The van der Waals surface area contributed by atoms with E-state index >= 15 is 0 Å². The Morgan fingerprint density at radius 1 is 1.26 bits per heavy atom. The maximum Gasteiger partial charge on any atom is 0.230 e.